The molecule has 2 fully saturated rings. The number of carbonyl (C=O) groups is 2. The Morgan fingerprint density at radius 1 is 1.44 bits per heavy atom. The highest BCUT2D eigenvalue weighted by atomic mass is 16.5. The smallest absolute Gasteiger partial charge is 0.248 e. The molecule has 2 unspecified atom stereocenters. The van der Waals surface area contributed by atoms with E-state index in [4.69, 9.17) is 4.74 Å². The molecule has 5 heteroatoms. The first-order valence-electron chi connectivity index (χ1n) is 6.60. The van der Waals surface area contributed by atoms with Crippen molar-refractivity contribution >= 4 is 11.8 Å². The summed E-state index contributed by atoms with van der Waals surface area (Å²) in [5.74, 6) is -0.0172. The second-order valence-corrected chi connectivity index (χ2v) is 5.55. The molecule has 1 heterocycles. The van der Waals surface area contributed by atoms with Gasteiger partial charge in [-0.2, -0.15) is 0 Å². The number of hydrogen-bond donors (Lipinski definition) is 1. The fraction of sp³-hybridized carbons (Fsp3) is 0.846. The number of carbonyl (C=O) groups excluding carboxylic acids is 2. The van der Waals surface area contributed by atoms with Crippen molar-refractivity contribution < 1.29 is 14.3 Å². The Morgan fingerprint density at radius 3 is 2.56 bits per heavy atom. The third kappa shape index (κ3) is 1.90. The summed E-state index contributed by atoms with van der Waals surface area (Å²) in [5.41, 5.74) is -0.748. The summed E-state index contributed by atoms with van der Waals surface area (Å²) in [4.78, 5) is 26.3. The van der Waals surface area contributed by atoms with E-state index in [-0.39, 0.29) is 30.0 Å². The third-order valence-corrected chi connectivity index (χ3v) is 4.41. The minimum atomic E-state index is -0.748. The molecule has 0 bridgehead atoms. The van der Waals surface area contributed by atoms with E-state index in [1.807, 2.05) is 6.92 Å². The van der Waals surface area contributed by atoms with Crippen molar-refractivity contribution in [3.8, 4) is 0 Å². The Hall–Kier alpha value is -1.10. The van der Waals surface area contributed by atoms with Crippen molar-refractivity contribution in [2.75, 3.05) is 7.11 Å². The van der Waals surface area contributed by atoms with Crippen LogP contribution in [0.4, 0.5) is 0 Å². The largest absolute Gasteiger partial charge is 0.381 e. The molecule has 0 aromatic carbocycles. The molecule has 2 aliphatic rings. The van der Waals surface area contributed by atoms with Gasteiger partial charge in [-0.15, -0.1) is 0 Å². The van der Waals surface area contributed by atoms with Gasteiger partial charge in [-0.1, -0.05) is 6.92 Å². The number of methoxy groups -OCH3 is 1. The van der Waals surface area contributed by atoms with Gasteiger partial charge in [0.05, 0.1) is 6.10 Å². The Kier molecular flexibility index (Phi) is 3.36. The predicted octanol–water partition coefficient (Wildman–Crippen LogP) is 0.679. The topological polar surface area (TPSA) is 58.6 Å². The zero-order valence-corrected chi connectivity index (χ0v) is 11.5. The second-order valence-electron chi connectivity index (χ2n) is 5.55. The predicted molar refractivity (Wildman–Crippen MR) is 67.0 cm³/mol. The standard InChI is InChI=1S/C13H22N2O3/c1-5-13(3)12(17)15(8(2)11(16)14-13)9-6-10(7-9)18-4/h8-10H,5-7H2,1-4H3,(H,14,16). The Balaban J connectivity index is 2.16. The highest BCUT2D eigenvalue weighted by Crippen LogP contribution is 2.33. The van der Waals surface area contributed by atoms with Crippen molar-refractivity contribution in [2.24, 2.45) is 0 Å². The number of nitrogens with zero attached hydrogens (tertiary/aromatic N) is 1. The summed E-state index contributed by atoms with van der Waals surface area (Å²) in [6, 6.07) is -0.227. The third-order valence-electron chi connectivity index (χ3n) is 4.41. The molecule has 1 aliphatic heterocycles. The van der Waals surface area contributed by atoms with E-state index in [0.29, 0.717) is 6.42 Å². The van der Waals surface area contributed by atoms with Gasteiger partial charge in [0.15, 0.2) is 0 Å². The quantitative estimate of drug-likeness (QED) is 0.805. The lowest BCUT2D eigenvalue weighted by molar-refractivity contribution is -0.162. The van der Waals surface area contributed by atoms with E-state index in [1.165, 1.54) is 0 Å². The average Bonchev–Trinajstić information content (AvgIpc) is 2.29. The van der Waals surface area contributed by atoms with Crippen molar-refractivity contribution in [1.29, 1.82) is 0 Å². The van der Waals surface area contributed by atoms with Crippen LogP contribution in [0.1, 0.15) is 40.0 Å². The van der Waals surface area contributed by atoms with Crippen molar-refractivity contribution in [3.63, 3.8) is 0 Å². The van der Waals surface area contributed by atoms with Crippen LogP contribution in [0.25, 0.3) is 0 Å². The molecule has 0 spiro atoms. The summed E-state index contributed by atoms with van der Waals surface area (Å²) in [7, 11) is 1.69. The van der Waals surface area contributed by atoms with E-state index in [0.717, 1.165) is 12.8 Å². The van der Waals surface area contributed by atoms with E-state index >= 15 is 0 Å². The molecule has 0 aromatic heterocycles. The van der Waals surface area contributed by atoms with Gasteiger partial charge in [-0.05, 0) is 33.1 Å². The van der Waals surface area contributed by atoms with E-state index in [2.05, 4.69) is 5.32 Å². The summed E-state index contributed by atoms with van der Waals surface area (Å²) < 4.78 is 5.24. The van der Waals surface area contributed by atoms with Crippen LogP contribution in [0.3, 0.4) is 0 Å². The highest BCUT2D eigenvalue weighted by molar-refractivity contribution is 5.99. The maximum atomic E-state index is 12.5. The van der Waals surface area contributed by atoms with Gasteiger partial charge in [0.1, 0.15) is 11.6 Å². The van der Waals surface area contributed by atoms with Crippen LogP contribution in [0.5, 0.6) is 0 Å². The lowest BCUT2D eigenvalue weighted by Crippen LogP contribution is -2.71. The Labute approximate surface area is 108 Å². The lowest BCUT2D eigenvalue weighted by atomic mass is 9.83. The average molecular weight is 254 g/mol. The molecule has 1 saturated heterocycles. The molecule has 1 aliphatic carbocycles. The molecule has 0 radical (unpaired) electrons. The first-order valence-corrected chi connectivity index (χ1v) is 6.60. The zero-order valence-electron chi connectivity index (χ0n) is 11.5. The lowest BCUT2D eigenvalue weighted by Gasteiger charge is -2.50. The van der Waals surface area contributed by atoms with Crippen molar-refractivity contribution in [2.45, 2.75) is 63.8 Å². The number of hydrogen-bond acceptors (Lipinski definition) is 3. The molecule has 18 heavy (non-hydrogen) atoms. The van der Waals surface area contributed by atoms with Crippen molar-refractivity contribution in [3.05, 3.63) is 0 Å². The fourth-order valence-electron chi connectivity index (χ4n) is 2.70. The maximum absolute atomic E-state index is 12.5. The van der Waals surface area contributed by atoms with Crippen LogP contribution in [0, 0.1) is 0 Å². The van der Waals surface area contributed by atoms with Gasteiger partial charge in [-0.25, -0.2) is 0 Å². The first-order chi connectivity index (χ1) is 8.42. The molecular weight excluding hydrogens is 232 g/mol. The van der Waals surface area contributed by atoms with Crippen LogP contribution in [0.2, 0.25) is 0 Å². The van der Waals surface area contributed by atoms with Crippen LogP contribution in [-0.2, 0) is 14.3 Å². The van der Waals surface area contributed by atoms with Gasteiger partial charge >= 0.3 is 0 Å². The van der Waals surface area contributed by atoms with E-state index < -0.39 is 5.54 Å². The SMILES string of the molecule is CCC1(C)NC(=O)C(C)N(C2CC(OC)C2)C1=O. The van der Waals surface area contributed by atoms with E-state index in [1.54, 1.807) is 25.9 Å². The monoisotopic (exact) mass is 254 g/mol. The highest BCUT2D eigenvalue weighted by Gasteiger charge is 2.50. The molecule has 1 saturated carbocycles. The van der Waals surface area contributed by atoms with Crippen molar-refractivity contribution in [1.82, 2.24) is 10.2 Å². The number of ether oxygens (including phenoxy) is 1. The number of amides is 2. The summed E-state index contributed by atoms with van der Waals surface area (Å²) in [6.07, 6.45) is 2.51. The van der Waals surface area contributed by atoms with Gasteiger partial charge in [0.25, 0.3) is 0 Å². The van der Waals surface area contributed by atoms with Gasteiger partial charge in [-0.3, -0.25) is 9.59 Å². The van der Waals surface area contributed by atoms with Crippen LogP contribution < -0.4 is 5.32 Å². The number of nitrogens with one attached hydrogen (secondary N) is 1. The normalized spacial score (nSPS) is 40.4. The summed E-state index contributed by atoms with van der Waals surface area (Å²) >= 11 is 0. The fourth-order valence-corrected chi connectivity index (χ4v) is 2.70. The molecule has 2 rings (SSSR count). The molecular formula is C13H22N2O3. The molecule has 5 nitrogen and oxygen atoms in total. The minimum Gasteiger partial charge on any atom is -0.381 e. The molecule has 0 aromatic rings. The minimum absolute atomic E-state index is 0.0386. The van der Waals surface area contributed by atoms with Gasteiger partial charge in [0.2, 0.25) is 11.8 Å². The summed E-state index contributed by atoms with van der Waals surface area (Å²) in [5, 5.41) is 2.84. The number of piperazine rings is 1. The van der Waals surface area contributed by atoms with Crippen LogP contribution in [-0.4, -0.2) is 47.6 Å². The van der Waals surface area contributed by atoms with Gasteiger partial charge < -0.3 is 15.0 Å². The van der Waals surface area contributed by atoms with Crippen LogP contribution >= 0.6 is 0 Å². The Morgan fingerprint density at radius 2 is 2.06 bits per heavy atom. The summed E-state index contributed by atoms with van der Waals surface area (Å²) in [6.45, 7) is 5.52. The molecule has 102 valence electrons. The molecule has 2 amide bonds. The van der Waals surface area contributed by atoms with Crippen LogP contribution in [0.15, 0.2) is 0 Å². The van der Waals surface area contributed by atoms with E-state index in [9.17, 15) is 9.59 Å². The Bertz CT molecular complexity index is 365. The van der Waals surface area contributed by atoms with Gasteiger partial charge in [0, 0.05) is 13.2 Å². The molecule has 2 atom stereocenters. The first kappa shape index (κ1) is 13.3. The maximum Gasteiger partial charge on any atom is 0.248 e. The second kappa shape index (κ2) is 4.53. The molecule has 1 N–H and O–H groups in total. The number of rotatable bonds is 3. The zero-order chi connectivity index (χ0) is 13.5.